The van der Waals surface area contributed by atoms with Gasteiger partial charge in [0.2, 0.25) is 0 Å². The van der Waals surface area contributed by atoms with Crippen LogP contribution in [0.5, 0.6) is 0 Å². The molecule has 0 bridgehead atoms. The molecule has 0 fully saturated rings. The maximum absolute atomic E-state index is 13.2. The van der Waals surface area contributed by atoms with E-state index >= 15 is 0 Å². The van der Waals surface area contributed by atoms with Gasteiger partial charge in [0.1, 0.15) is 5.82 Å². The highest BCUT2D eigenvalue weighted by atomic mass is 35.5. The number of alkyl halides is 1. The average molecular weight is 315 g/mol. The van der Waals surface area contributed by atoms with Gasteiger partial charge >= 0.3 is 0 Å². The summed E-state index contributed by atoms with van der Waals surface area (Å²) in [6.45, 7) is 1.88. The van der Waals surface area contributed by atoms with E-state index in [2.05, 4.69) is 5.10 Å². The Bertz CT molecular complexity index is 596. The van der Waals surface area contributed by atoms with Gasteiger partial charge in [-0.2, -0.15) is 5.10 Å². The molecule has 2 rings (SSSR count). The Kier molecular flexibility index (Phi) is 5.06. The zero-order chi connectivity index (χ0) is 14.7. The molecule has 0 saturated carbocycles. The molecule has 0 aliphatic rings. The van der Waals surface area contributed by atoms with Crippen LogP contribution >= 0.6 is 23.2 Å². The van der Waals surface area contributed by atoms with Gasteiger partial charge in [-0.15, -0.1) is 11.6 Å². The molecule has 1 heterocycles. The number of aryl methyl sites for hydroxylation is 2. The summed E-state index contributed by atoms with van der Waals surface area (Å²) in [5, 5.41) is 5.00. The van der Waals surface area contributed by atoms with E-state index < -0.39 is 0 Å². The van der Waals surface area contributed by atoms with Gasteiger partial charge < -0.3 is 0 Å². The van der Waals surface area contributed by atoms with Gasteiger partial charge in [-0.1, -0.05) is 23.7 Å². The second-order valence-electron chi connectivity index (χ2n) is 5.03. The number of halogens is 3. The highest BCUT2D eigenvalue weighted by Crippen LogP contribution is 2.24. The fourth-order valence-corrected chi connectivity index (χ4v) is 2.81. The second kappa shape index (κ2) is 6.59. The van der Waals surface area contributed by atoms with Gasteiger partial charge in [-0.3, -0.25) is 4.68 Å². The zero-order valence-corrected chi connectivity index (χ0v) is 13.0. The molecule has 0 N–H and O–H groups in total. The van der Waals surface area contributed by atoms with Crippen molar-refractivity contribution in [1.82, 2.24) is 9.78 Å². The molecule has 108 valence electrons. The molecule has 2 nitrogen and oxygen atoms in total. The molecule has 2 aromatic rings. The standard InChI is InChI=1S/C15H17Cl2FN2/c1-10-15(17)14(20(2)19-10)8-12(9-16)6-11-4-3-5-13(18)7-11/h3-5,7,12H,6,8-9H2,1-2H3. The number of benzene rings is 1. The Morgan fingerprint density at radius 3 is 2.65 bits per heavy atom. The van der Waals surface area contributed by atoms with Crippen molar-refractivity contribution in [3.63, 3.8) is 0 Å². The van der Waals surface area contributed by atoms with Gasteiger partial charge in [0.05, 0.1) is 16.4 Å². The Morgan fingerprint density at radius 2 is 2.10 bits per heavy atom. The quantitative estimate of drug-likeness (QED) is 0.758. The topological polar surface area (TPSA) is 17.8 Å². The summed E-state index contributed by atoms with van der Waals surface area (Å²) in [5.74, 6) is 0.479. The van der Waals surface area contributed by atoms with Crippen molar-refractivity contribution in [2.45, 2.75) is 19.8 Å². The summed E-state index contributed by atoms with van der Waals surface area (Å²) in [4.78, 5) is 0. The third-order valence-corrected chi connectivity index (χ3v) is 4.30. The predicted molar refractivity (Wildman–Crippen MR) is 81.0 cm³/mol. The van der Waals surface area contributed by atoms with Gasteiger partial charge in [-0.25, -0.2) is 4.39 Å². The maximum atomic E-state index is 13.2. The van der Waals surface area contributed by atoms with Crippen LogP contribution in [0.25, 0.3) is 0 Å². The van der Waals surface area contributed by atoms with Crippen LogP contribution in [0.4, 0.5) is 4.39 Å². The lowest BCUT2D eigenvalue weighted by atomic mass is 9.96. The van der Waals surface area contributed by atoms with E-state index in [1.165, 1.54) is 6.07 Å². The molecule has 5 heteroatoms. The van der Waals surface area contributed by atoms with Crippen molar-refractivity contribution >= 4 is 23.2 Å². The monoisotopic (exact) mass is 314 g/mol. The van der Waals surface area contributed by atoms with Gasteiger partial charge in [0, 0.05) is 12.9 Å². The molecule has 1 atom stereocenters. The number of hydrogen-bond acceptors (Lipinski definition) is 1. The normalized spacial score (nSPS) is 12.7. The lowest BCUT2D eigenvalue weighted by Gasteiger charge is -2.14. The Labute approximate surface area is 128 Å². The smallest absolute Gasteiger partial charge is 0.123 e. The lowest BCUT2D eigenvalue weighted by molar-refractivity contribution is 0.548. The Morgan fingerprint density at radius 1 is 1.35 bits per heavy atom. The van der Waals surface area contributed by atoms with Crippen molar-refractivity contribution in [2.75, 3.05) is 5.88 Å². The van der Waals surface area contributed by atoms with Crippen molar-refractivity contribution in [1.29, 1.82) is 0 Å². The number of hydrogen-bond donors (Lipinski definition) is 0. The van der Waals surface area contributed by atoms with Crippen LogP contribution in [0.15, 0.2) is 24.3 Å². The molecule has 1 unspecified atom stereocenters. The van der Waals surface area contributed by atoms with Crippen LogP contribution in [0.1, 0.15) is 17.0 Å². The van der Waals surface area contributed by atoms with E-state index in [0.29, 0.717) is 10.9 Å². The zero-order valence-electron chi connectivity index (χ0n) is 11.5. The SMILES string of the molecule is Cc1nn(C)c(CC(CCl)Cc2cccc(F)c2)c1Cl. The average Bonchev–Trinajstić information content (AvgIpc) is 2.64. The Hall–Kier alpha value is -1.06. The molecule has 20 heavy (non-hydrogen) atoms. The van der Waals surface area contributed by atoms with Gasteiger partial charge in [0.25, 0.3) is 0 Å². The van der Waals surface area contributed by atoms with E-state index in [1.807, 2.05) is 20.0 Å². The van der Waals surface area contributed by atoms with E-state index in [0.717, 1.165) is 29.8 Å². The van der Waals surface area contributed by atoms with Crippen molar-refractivity contribution in [3.8, 4) is 0 Å². The summed E-state index contributed by atoms with van der Waals surface area (Å²) in [5.41, 5.74) is 2.75. The summed E-state index contributed by atoms with van der Waals surface area (Å²) in [6.07, 6.45) is 1.46. The highest BCUT2D eigenvalue weighted by molar-refractivity contribution is 6.31. The maximum Gasteiger partial charge on any atom is 0.123 e. The molecule has 0 aliphatic heterocycles. The van der Waals surface area contributed by atoms with Crippen LogP contribution < -0.4 is 0 Å². The first kappa shape index (κ1) is 15.3. The molecule has 0 radical (unpaired) electrons. The molecule has 0 saturated heterocycles. The summed E-state index contributed by atoms with van der Waals surface area (Å²) in [7, 11) is 1.88. The molecular formula is C15H17Cl2FN2. The van der Waals surface area contributed by atoms with Gasteiger partial charge in [-0.05, 0) is 43.4 Å². The first-order valence-corrected chi connectivity index (χ1v) is 7.41. The van der Waals surface area contributed by atoms with E-state index in [-0.39, 0.29) is 11.7 Å². The number of rotatable bonds is 5. The van der Waals surface area contributed by atoms with Crippen LogP contribution in [-0.2, 0) is 19.9 Å². The van der Waals surface area contributed by atoms with Gasteiger partial charge in [0.15, 0.2) is 0 Å². The first-order chi connectivity index (χ1) is 9.51. The van der Waals surface area contributed by atoms with E-state index in [4.69, 9.17) is 23.2 Å². The number of nitrogens with zero attached hydrogens (tertiary/aromatic N) is 2. The van der Waals surface area contributed by atoms with Crippen LogP contribution in [0.3, 0.4) is 0 Å². The van der Waals surface area contributed by atoms with E-state index in [9.17, 15) is 4.39 Å². The first-order valence-electron chi connectivity index (χ1n) is 6.49. The Balaban J connectivity index is 2.13. The van der Waals surface area contributed by atoms with Crippen molar-refractivity contribution < 1.29 is 4.39 Å². The second-order valence-corrected chi connectivity index (χ2v) is 5.71. The minimum Gasteiger partial charge on any atom is -0.271 e. The lowest BCUT2D eigenvalue weighted by Crippen LogP contribution is -2.13. The third-order valence-electron chi connectivity index (χ3n) is 3.38. The fraction of sp³-hybridized carbons (Fsp3) is 0.400. The molecule has 0 amide bonds. The summed E-state index contributed by atoms with van der Waals surface area (Å²) < 4.78 is 15.0. The predicted octanol–water partition coefficient (Wildman–Crippen LogP) is 4.16. The highest BCUT2D eigenvalue weighted by Gasteiger charge is 2.17. The molecule has 0 spiro atoms. The largest absolute Gasteiger partial charge is 0.271 e. The third kappa shape index (κ3) is 3.53. The van der Waals surface area contributed by atoms with Crippen LogP contribution in [0, 0.1) is 18.7 Å². The number of aromatic nitrogens is 2. The molecule has 1 aromatic heterocycles. The molecular weight excluding hydrogens is 298 g/mol. The minimum atomic E-state index is -0.217. The molecule has 1 aromatic carbocycles. The van der Waals surface area contributed by atoms with Crippen molar-refractivity contribution in [2.24, 2.45) is 13.0 Å². The minimum absolute atomic E-state index is 0.200. The van der Waals surface area contributed by atoms with Crippen molar-refractivity contribution in [3.05, 3.63) is 52.1 Å². The fourth-order valence-electron chi connectivity index (χ4n) is 2.35. The van der Waals surface area contributed by atoms with E-state index in [1.54, 1.807) is 16.8 Å². The summed E-state index contributed by atoms with van der Waals surface area (Å²) >= 11 is 12.3. The molecule has 0 aliphatic carbocycles. The van der Waals surface area contributed by atoms with Crippen LogP contribution in [0.2, 0.25) is 5.02 Å². The summed E-state index contributed by atoms with van der Waals surface area (Å²) in [6, 6.07) is 6.63. The van der Waals surface area contributed by atoms with Crippen LogP contribution in [-0.4, -0.2) is 15.7 Å².